The van der Waals surface area contributed by atoms with Crippen LogP contribution in [0.15, 0.2) is 0 Å². The van der Waals surface area contributed by atoms with Gasteiger partial charge in [0.1, 0.15) is 24.4 Å². The molecule has 132 valence electrons. The van der Waals surface area contributed by atoms with Crippen LogP contribution >= 0.6 is 0 Å². The average Bonchev–Trinajstić information content (AvgIpc) is 2.53. The summed E-state index contributed by atoms with van der Waals surface area (Å²) in [5.41, 5.74) is 5.37. The second-order valence-electron chi connectivity index (χ2n) is 5.26. The molecule has 0 radical (unpaired) electrons. The Morgan fingerprint density at radius 1 is 1.05 bits per heavy atom. The highest BCUT2D eigenvalue weighted by Crippen LogP contribution is 2.22. The highest BCUT2D eigenvalue weighted by atomic mass is 16.7. The van der Waals surface area contributed by atoms with Crippen molar-refractivity contribution in [3.63, 3.8) is 0 Å². The summed E-state index contributed by atoms with van der Waals surface area (Å²) in [5.74, 6) is 0. The van der Waals surface area contributed by atoms with Gasteiger partial charge in [-0.2, -0.15) is 0 Å². The van der Waals surface area contributed by atoms with Gasteiger partial charge in [-0.25, -0.2) is 0 Å². The van der Waals surface area contributed by atoms with Gasteiger partial charge in [0.2, 0.25) is 0 Å². The Bertz CT molecular complexity index is 319. The minimum absolute atomic E-state index is 0.0656. The van der Waals surface area contributed by atoms with Crippen LogP contribution in [0.5, 0.6) is 0 Å². The van der Waals surface area contributed by atoms with Gasteiger partial charge in [0.05, 0.1) is 38.1 Å². The summed E-state index contributed by atoms with van der Waals surface area (Å²) >= 11 is 0. The van der Waals surface area contributed by atoms with Gasteiger partial charge in [-0.05, 0) is 6.42 Å². The van der Waals surface area contributed by atoms with E-state index < -0.39 is 62.2 Å². The number of ether oxygens (including phenoxy) is 2. The van der Waals surface area contributed by atoms with Crippen molar-refractivity contribution in [3.05, 3.63) is 0 Å². The summed E-state index contributed by atoms with van der Waals surface area (Å²) in [6.07, 6.45) is -9.60. The predicted octanol–water partition coefficient (Wildman–Crippen LogP) is -4.77. The molecule has 1 saturated heterocycles. The number of hydrogen-bond acceptors (Lipinski definition) is 10. The zero-order valence-corrected chi connectivity index (χ0v) is 12.0. The molecule has 0 aromatic rings. The average molecular weight is 327 g/mol. The summed E-state index contributed by atoms with van der Waals surface area (Å²) in [6.45, 7) is -1.22. The van der Waals surface area contributed by atoms with E-state index in [0.717, 1.165) is 0 Å². The molecule has 0 aromatic heterocycles. The van der Waals surface area contributed by atoms with Gasteiger partial charge in [-0.1, -0.05) is 0 Å². The Kier molecular flexibility index (Phi) is 8.07. The summed E-state index contributed by atoms with van der Waals surface area (Å²) in [4.78, 5) is 0. The van der Waals surface area contributed by atoms with Crippen molar-refractivity contribution >= 4 is 0 Å². The van der Waals surface area contributed by atoms with Gasteiger partial charge in [0.25, 0.3) is 0 Å². The van der Waals surface area contributed by atoms with Crippen molar-refractivity contribution < 1.29 is 45.2 Å². The van der Waals surface area contributed by atoms with E-state index >= 15 is 0 Å². The SMILES string of the molecule is NC(CO)[C@@H](O)[C@H](O)CCO[C@H]1OC(CO)[C@@H](O)C(O)C1O. The number of hydrogen-bond donors (Lipinski definition) is 8. The van der Waals surface area contributed by atoms with Crippen LogP contribution in [0.1, 0.15) is 6.42 Å². The summed E-state index contributed by atoms with van der Waals surface area (Å²) in [5, 5.41) is 65.9. The third kappa shape index (κ3) is 4.80. The third-order valence-corrected chi connectivity index (χ3v) is 3.59. The van der Waals surface area contributed by atoms with E-state index in [9.17, 15) is 25.5 Å². The van der Waals surface area contributed by atoms with Crippen LogP contribution in [0.4, 0.5) is 0 Å². The van der Waals surface area contributed by atoms with E-state index in [2.05, 4.69) is 0 Å². The molecule has 0 spiro atoms. The Labute approximate surface area is 127 Å². The lowest BCUT2D eigenvalue weighted by molar-refractivity contribution is -0.302. The second kappa shape index (κ2) is 9.03. The monoisotopic (exact) mass is 327 g/mol. The predicted molar refractivity (Wildman–Crippen MR) is 71.4 cm³/mol. The molecular formula is C12H25NO9. The van der Waals surface area contributed by atoms with Crippen molar-refractivity contribution in [2.75, 3.05) is 19.8 Å². The van der Waals surface area contributed by atoms with Gasteiger partial charge in [0.15, 0.2) is 6.29 Å². The lowest BCUT2D eigenvalue weighted by Crippen LogP contribution is -2.59. The molecule has 1 aliphatic heterocycles. The molecule has 22 heavy (non-hydrogen) atoms. The standard InChI is InChI=1S/C12H25NO9/c13-5(3-14)8(17)6(16)1-2-21-12-11(20)10(19)9(18)7(4-15)22-12/h5-12,14-20H,1-4,13H2/t5?,6-,7?,8-,9-,10?,11?,12+/m1/s1. The highest BCUT2D eigenvalue weighted by Gasteiger charge is 2.44. The maximum atomic E-state index is 9.72. The molecule has 9 N–H and O–H groups in total. The van der Waals surface area contributed by atoms with E-state index in [1.54, 1.807) is 0 Å². The Balaban J connectivity index is 2.43. The second-order valence-corrected chi connectivity index (χ2v) is 5.26. The molecular weight excluding hydrogens is 302 g/mol. The summed E-state index contributed by atoms with van der Waals surface area (Å²) < 4.78 is 10.3. The van der Waals surface area contributed by atoms with Gasteiger partial charge >= 0.3 is 0 Å². The molecule has 10 nitrogen and oxygen atoms in total. The summed E-state index contributed by atoms with van der Waals surface area (Å²) in [6, 6.07) is -0.998. The first-order chi connectivity index (χ1) is 10.3. The van der Waals surface area contributed by atoms with Crippen molar-refractivity contribution in [1.29, 1.82) is 0 Å². The van der Waals surface area contributed by atoms with Crippen LogP contribution in [0, 0.1) is 0 Å². The van der Waals surface area contributed by atoms with Crippen LogP contribution in [0.3, 0.4) is 0 Å². The molecule has 1 aliphatic rings. The largest absolute Gasteiger partial charge is 0.395 e. The first-order valence-electron chi connectivity index (χ1n) is 6.98. The maximum absolute atomic E-state index is 9.72. The molecule has 0 amide bonds. The van der Waals surface area contributed by atoms with Crippen molar-refractivity contribution in [2.24, 2.45) is 5.73 Å². The molecule has 4 unspecified atom stereocenters. The third-order valence-electron chi connectivity index (χ3n) is 3.59. The number of nitrogens with two attached hydrogens (primary N) is 1. The van der Waals surface area contributed by atoms with Crippen molar-refractivity contribution in [1.82, 2.24) is 0 Å². The molecule has 0 bridgehead atoms. The highest BCUT2D eigenvalue weighted by molar-refractivity contribution is 4.89. The molecule has 8 atom stereocenters. The fraction of sp³-hybridized carbons (Fsp3) is 1.00. The molecule has 1 fully saturated rings. The Hall–Kier alpha value is -0.400. The minimum atomic E-state index is -1.55. The van der Waals surface area contributed by atoms with Crippen LogP contribution in [-0.4, -0.2) is 105 Å². The topological polar surface area (TPSA) is 186 Å². The molecule has 1 heterocycles. The normalized spacial score (nSPS) is 36.8. The Morgan fingerprint density at radius 2 is 1.68 bits per heavy atom. The lowest BCUT2D eigenvalue weighted by Gasteiger charge is -2.39. The van der Waals surface area contributed by atoms with Crippen LogP contribution < -0.4 is 5.73 Å². The van der Waals surface area contributed by atoms with E-state index in [0.29, 0.717) is 0 Å². The quantitative estimate of drug-likeness (QED) is 0.215. The van der Waals surface area contributed by atoms with Crippen LogP contribution in [0.2, 0.25) is 0 Å². The van der Waals surface area contributed by atoms with Crippen molar-refractivity contribution in [3.8, 4) is 0 Å². The molecule has 10 heteroatoms. The zero-order chi connectivity index (χ0) is 16.9. The molecule has 0 aliphatic carbocycles. The Morgan fingerprint density at radius 3 is 2.23 bits per heavy atom. The molecule has 0 saturated carbocycles. The van der Waals surface area contributed by atoms with E-state index in [1.807, 2.05) is 0 Å². The smallest absolute Gasteiger partial charge is 0.186 e. The lowest BCUT2D eigenvalue weighted by atomic mass is 9.99. The summed E-state index contributed by atoms with van der Waals surface area (Å²) in [7, 11) is 0. The van der Waals surface area contributed by atoms with Crippen molar-refractivity contribution in [2.45, 2.75) is 55.4 Å². The minimum Gasteiger partial charge on any atom is -0.395 e. The van der Waals surface area contributed by atoms with Crippen LogP contribution in [0.25, 0.3) is 0 Å². The number of rotatable bonds is 8. The first-order valence-corrected chi connectivity index (χ1v) is 6.98. The molecule has 0 aromatic carbocycles. The zero-order valence-electron chi connectivity index (χ0n) is 12.0. The van der Waals surface area contributed by atoms with Crippen LogP contribution in [-0.2, 0) is 9.47 Å². The molecule has 1 rings (SSSR count). The van der Waals surface area contributed by atoms with Gasteiger partial charge < -0.3 is 51.0 Å². The van der Waals surface area contributed by atoms with E-state index in [1.165, 1.54) is 0 Å². The van der Waals surface area contributed by atoms with Gasteiger partial charge in [-0.15, -0.1) is 0 Å². The van der Waals surface area contributed by atoms with E-state index in [-0.39, 0.29) is 13.0 Å². The number of aliphatic hydroxyl groups excluding tert-OH is 7. The fourth-order valence-electron chi connectivity index (χ4n) is 2.07. The first kappa shape index (κ1) is 19.6. The maximum Gasteiger partial charge on any atom is 0.186 e. The van der Waals surface area contributed by atoms with E-state index in [4.69, 9.17) is 25.4 Å². The number of aliphatic hydroxyl groups is 7. The van der Waals surface area contributed by atoms with Gasteiger partial charge in [-0.3, -0.25) is 0 Å². The van der Waals surface area contributed by atoms with Gasteiger partial charge in [0, 0.05) is 0 Å². The fourth-order valence-corrected chi connectivity index (χ4v) is 2.07.